The van der Waals surface area contributed by atoms with E-state index in [1.807, 2.05) is 6.20 Å². The van der Waals surface area contributed by atoms with Gasteiger partial charge in [-0.15, -0.1) is 0 Å². The van der Waals surface area contributed by atoms with Crippen LogP contribution in [0.15, 0.2) is 30.5 Å². The Bertz CT molecular complexity index is 669. The van der Waals surface area contributed by atoms with Crippen LogP contribution in [0.5, 0.6) is 0 Å². The fraction of sp³-hybridized carbons (Fsp3) is 0.579. The Morgan fingerprint density at radius 3 is 2.81 bits per heavy atom. The number of aromatic nitrogens is 1. The Morgan fingerprint density at radius 1 is 1.24 bits per heavy atom. The summed E-state index contributed by atoms with van der Waals surface area (Å²) in [6.07, 6.45) is 6.18. The van der Waals surface area contributed by atoms with E-state index in [1.165, 1.54) is 35.7 Å². The van der Waals surface area contributed by atoms with Crippen molar-refractivity contribution < 1.29 is 0 Å². The lowest BCUT2D eigenvalue weighted by Crippen LogP contribution is -2.44. The molecule has 2 bridgehead atoms. The maximum atomic E-state index is 3.87. The highest BCUT2D eigenvalue weighted by Gasteiger charge is 2.60. The second-order valence-electron chi connectivity index (χ2n) is 7.94. The number of hydrogen-bond acceptors (Lipinski definition) is 1. The molecule has 2 heteroatoms. The van der Waals surface area contributed by atoms with Crippen molar-refractivity contribution in [1.29, 1.82) is 0 Å². The zero-order chi connectivity index (χ0) is 14.7. The standard InChI is InChI=1S/C19H26N2/c1-18(2)15-6-8-19(18,3)17(11-15)21-12-13-4-5-14-7-9-20-16(14)10-13/h4-5,7,9-10,15,17,20-21H,6,8,11-12H2,1-3H3. The first-order chi connectivity index (χ1) is 10.0. The van der Waals surface area contributed by atoms with Crippen LogP contribution in [0.3, 0.4) is 0 Å². The third-order valence-corrected chi connectivity index (χ3v) is 6.97. The second kappa shape index (κ2) is 4.36. The van der Waals surface area contributed by atoms with Gasteiger partial charge in [-0.3, -0.25) is 0 Å². The van der Waals surface area contributed by atoms with Gasteiger partial charge in [-0.25, -0.2) is 0 Å². The van der Waals surface area contributed by atoms with Gasteiger partial charge in [0.2, 0.25) is 0 Å². The smallest absolute Gasteiger partial charge is 0.0457 e. The molecule has 2 aromatic rings. The van der Waals surface area contributed by atoms with Crippen molar-refractivity contribution in [2.75, 3.05) is 0 Å². The van der Waals surface area contributed by atoms with E-state index in [4.69, 9.17) is 0 Å². The van der Waals surface area contributed by atoms with E-state index in [1.54, 1.807) is 0 Å². The molecule has 0 aliphatic heterocycles. The van der Waals surface area contributed by atoms with Crippen LogP contribution in [0.25, 0.3) is 10.9 Å². The Balaban J connectivity index is 1.50. The molecule has 0 radical (unpaired) electrons. The molecule has 4 rings (SSSR count). The molecule has 2 saturated carbocycles. The quantitative estimate of drug-likeness (QED) is 0.854. The van der Waals surface area contributed by atoms with Crippen molar-refractivity contribution >= 4 is 10.9 Å². The maximum absolute atomic E-state index is 3.87. The molecule has 2 nitrogen and oxygen atoms in total. The molecule has 3 unspecified atom stereocenters. The molecule has 21 heavy (non-hydrogen) atoms. The Kier molecular flexibility index (Phi) is 2.78. The summed E-state index contributed by atoms with van der Waals surface area (Å²) < 4.78 is 0. The summed E-state index contributed by atoms with van der Waals surface area (Å²) in [7, 11) is 0. The SMILES string of the molecule is CC1(C)C2CCC1(C)C(NCc1ccc3cc[nH]c3c1)C2. The molecule has 2 N–H and O–H groups in total. The summed E-state index contributed by atoms with van der Waals surface area (Å²) in [5.74, 6) is 0.908. The predicted molar refractivity (Wildman–Crippen MR) is 88.2 cm³/mol. The van der Waals surface area contributed by atoms with Gasteiger partial charge in [0.15, 0.2) is 0 Å². The first kappa shape index (κ1) is 13.4. The van der Waals surface area contributed by atoms with E-state index in [0.717, 1.165) is 12.5 Å². The number of rotatable bonds is 3. The number of fused-ring (bicyclic) bond motifs is 3. The first-order valence-electron chi connectivity index (χ1n) is 8.30. The third-order valence-electron chi connectivity index (χ3n) is 6.97. The van der Waals surface area contributed by atoms with Crippen LogP contribution in [-0.4, -0.2) is 11.0 Å². The molecule has 112 valence electrons. The molecule has 0 spiro atoms. The van der Waals surface area contributed by atoms with E-state index >= 15 is 0 Å². The molecule has 0 saturated heterocycles. The Morgan fingerprint density at radius 2 is 2.10 bits per heavy atom. The Labute approximate surface area is 127 Å². The zero-order valence-corrected chi connectivity index (χ0v) is 13.4. The lowest BCUT2D eigenvalue weighted by atomic mass is 9.69. The molecule has 2 aliphatic carbocycles. The monoisotopic (exact) mass is 282 g/mol. The van der Waals surface area contributed by atoms with E-state index in [9.17, 15) is 0 Å². The van der Waals surface area contributed by atoms with E-state index < -0.39 is 0 Å². The molecule has 2 aliphatic rings. The van der Waals surface area contributed by atoms with Gasteiger partial charge in [0.25, 0.3) is 0 Å². The second-order valence-corrected chi connectivity index (χ2v) is 7.94. The van der Waals surface area contributed by atoms with Crippen molar-refractivity contribution in [3.63, 3.8) is 0 Å². The fourth-order valence-corrected chi connectivity index (χ4v) is 4.96. The molecule has 0 amide bonds. The first-order valence-corrected chi connectivity index (χ1v) is 8.30. The number of H-pyrrole nitrogens is 1. The van der Waals surface area contributed by atoms with Crippen molar-refractivity contribution in [3.8, 4) is 0 Å². The minimum absolute atomic E-state index is 0.466. The number of aromatic amines is 1. The van der Waals surface area contributed by atoms with Crippen LogP contribution in [0, 0.1) is 16.7 Å². The molecule has 1 heterocycles. The average molecular weight is 282 g/mol. The van der Waals surface area contributed by atoms with Gasteiger partial charge in [0, 0.05) is 24.3 Å². The van der Waals surface area contributed by atoms with Crippen LogP contribution >= 0.6 is 0 Å². The molecule has 1 aromatic carbocycles. The lowest BCUT2D eigenvalue weighted by Gasteiger charge is -2.39. The predicted octanol–water partition coefficient (Wildman–Crippen LogP) is 4.47. The van der Waals surface area contributed by atoms with Crippen LogP contribution < -0.4 is 5.32 Å². The zero-order valence-electron chi connectivity index (χ0n) is 13.4. The normalized spacial score (nSPS) is 33.9. The lowest BCUT2D eigenvalue weighted by molar-refractivity contribution is 0.120. The summed E-state index contributed by atoms with van der Waals surface area (Å²) in [4.78, 5) is 3.31. The van der Waals surface area contributed by atoms with Gasteiger partial charge in [-0.2, -0.15) is 0 Å². The van der Waals surface area contributed by atoms with Crippen LogP contribution in [-0.2, 0) is 6.54 Å². The summed E-state index contributed by atoms with van der Waals surface area (Å²) in [5.41, 5.74) is 3.59. The number of nitrogens with one attached hydrogen (secondary N) is 2. The molecule has 2 fully saturated rings. The maximum Gasteiger partial charge on any atom is 0.0457 e. The van der Waals surface area contributed by atoms with Gasteiger partial charge in [0.1, 0.15) is 0 Å². The molecule has 3 atom stereocenters. The highest BCUT2D eigenvalue weighted by atomic mass is 15.0. The summed E-state index contributed by atoms with van der Waals surface area (Å²) in [6.45, 7) is 8.46. The fourth-order valence-electron chi connectivity index (χ4n) is 4.96. The van der Waals surface area contributed by atoms with Crippen LogP contribution in [0.2, 0.25) is 0 Å². The van der Waals surface area contributed by atoms with Crippen molar-refractivity contribution in [2.24, 2.45) is 16.7 Å². The average Bonchev–Trinajstić information content (AvgIpc) is 3.06. The van der Waals surface area contributed by atoms with Crippen molar-refractivity contribution in [1.82, 2.24) is 10.3 Å². The molecular formula is C19H26N2. The van der Waals surface area contributed by atoms with Gasteiger partial charge >= 0.3 is 0 Å². The minimum atomic E-state index is 0.466. The van der Waals surface area contributed by atoms with Crippen LogP contribution in [0.4, 0.5) is 0 Å². The van der Waals surface area contributed by atoms with Crippen molar-refractivity contribution in [3.05, 3.63) is 36.0 Å². The highest BCUT2D eigenvalue weighted by Crippen LogP contribution is 2.65. The van der Waals surface area contributed by atoms with Gasteiger partial charge in [-0.05, 0) is 59.1 Å². The summed E-state index contributed by atoms with van der Waals surface area (Å²) in [5, 5.41) is 5.17. The summed E-state index contributed by atoms with van der Waals surface area (Å²) in [6, 6.07) is 9.55. The van der Waals surface area contributed by atoms with E-state index in [0.29, 0.717) is 16.9 Å². The van der Waals surface area contributed by atoms with Crippen LogP contribution in [0.1, 0.15) is 45.6 Å². The van der Waals surface area contributed by atoms with Gasteiger partial charge < -0.3 is 10.3 Å². The largest absolute Gasteiger partial charge is 0.361 e. The topological polar surface area (TPSA) is 27.8 Å². The third kappa shape index (κ3) is 1.81. The minimum Gasteiger partial charge on any atom is -0.361 e. The van der Waals surface area contributed by atoms with E-state index in [-0.39, 0.29) is 0 Å². The Hall–Kier alpha value is -1.28. The summed E-state index contributed by atoms with van der Waals surface area (Å²) >= 11 is 0. The van der Waals surface area contributed by atoms with Gasteiger partial charge in [-0.1, -0.05) is 32.9 Å². The van der Waals surface area contributed by atoms with Gasteiger partial charge in [0.05, 0.1) is 0 Å². The number of benzene rings is 1. The molecule has 1 aromatic heterocycles. The van der Waals surface area contributed by atoms with E-state index in [2.05, 4.69) is 55.3 Å². The van der Waals surface area contributed by atoms with Crippen molar-refractivity contribution in [2.45, 2.75) is 52.6 Å². The number of hydrogen-bond donors (Lipinski definition) is 2. The highest BCUT2D eigenvalue weighted by molar-refractivity contribution is 5.79. The molecular weight excluding hydrogens is 256 g/mol.